The van der Waals surface area contributed by atoms with Crippen LogP contribution >= 0.6 is 11.3 Å². The third-order valence-corrected chi connectivity index (χ3v) is 4.67. The molecule has 12 heteroatoms. The van der Waals surface area contributed by atoms with Crippen LogP contribution in [0.25, 0.3) is 10.4 Å². The van der Waals surface area contributed by atoms with Crippen LogP contribution in [0.5, 0.6) is 0 Å². The fourth-order valence-electron chi connectivity index (χ4n) is 2.07. The van der Waals surface area contributed by atoms with Crippen LogP contribution in [0.2, 0.25) is 0 Å². The second kappa shape index (κ2) is 8.78. The van der Waals surface area contributed by atoms with Gasteiger partial charge in [-0.3, -0.25) is 4.79 Å². The fourth-order valence-corrected chi connectivity index (χ4v) is 2.93. The molecule has 0 aliphatic rings. The molecule has 154 valence electrons. The van der Waals surface area contributed by atoms with Crippen molar-refractivity contribution in [2.75, 3.05) is 11.9 Å². The molecule has 2 aromatic rings. The smallest absolute Gasteiger partial charge is 0.394 e. The van der Waals surface area contributed by atoms with Crippen LogP contribution in [0.1, 0.15) is 35.6 Å². The third-order valence-electron chi connectivity index (χ3n) is 3.64. The van der Waals surface area contributed by atoms with Gasteiger partial charge in [0.15, 0.2) is 5.01 Å². The summed E-state index contributed by atoms with van der Waals surface area (Å²) in [5.74, 6) is -0.926. The Balaban J connectivity index is 2.30. The van der Waals surface area contributed by atoms with E-state index < -0.39 is 36.2 Å². The van der Waals surface area contributed by atoms with E-state index in [0.717, 1.165) is 30.5 Å². The summed E-state index contributed by atoms with van der Waals surface area (Å²) in [5.41, 5.74) is -0.571. The van der Waals surface area contributed by atoms with Crippen molar-refractivity contribution in [3.05, 3.63) is 29.0 Å². The summed E-state index contributed by atoms with van der Waals surface area (Å²) in [5, 5.41) is 13.4. The molecule has 0 aliphatic carbocycles. The molecule has 2 atom stereocenters. The predicted octanol–water partition coefficient (Wildman–Crippen LogP) is 3.62. The zero-order chi connectivity index (χ0) is 21.1. The number of carbonyl (C=O) groups is 1. The maximum atomic E-state index is 13.4. The number of anilines is 1. The number of rotatable bonds is 7. The van der Waals surface area contributed by atoms with Gasteiger partial charge < -0.3 is 15.7 Å². The van der Waals surface area contributed by atoms with E-state index in [9.17, 15) is 26.7 Å². The molecule has 0 radical (unpaired) electrons. The highest BCUT2D eigenvalue weighted by molar-refractivity contribution is 7.17. The number of aliphatic hydroxyl groups is 1. The fraction of sp³-hybridized carbons (Fsp3) is 0.438. The van der Waals surface area contributed by atoms with Crippen molar-refractivity contribution in [1.82, 2.24) is 15.3 Å². The summed E-state index contributed by atoms with van der Waals surface area (Å²) < 4.78 is 64.8. The minimum absolute atomic E-state index is 0.0107. The van der Waals surface area contributed by atoms with Crippen LogP contribution in [0.15, 0.2) is 18.5 Å². The Hall–Kier alpha value is -2.34. The van der Waals surface area contributed by atoms with E-state index in [4.69, 9.17) is 5.11 Å². The SMILES string of the molecule is C[C@H](CO)NC(=O)c1ncc(-c2cnc(N[C@@H](C)C(F)(F)F)cc2C(F)F)s1. The van der Waals surface area contributed by atoms with Crippen LogP contribution in [-0.4, -0.2) is 45.8 Å². The molecule has 28 heavy (non-hydrogen) atoms. The number of carbonyl (C=O) groups excluding carboxylic acids is 1. The molecule has 0 spiro atoms. The first kappa shape index (κ1) is 22.0. The standard InChI is InChI=1S/C16H17F5N4O2S/c1-7(6-26)24-14(27)15-23-5-11(28-15)10-4-22-12(3-9(10)13(17)18)25-8(2)16(19,20)21/h3-5,7-8,13,26H,6H2,1-2H3,(H,22,25)(H,24,27)/t7-,8+/m1/s1. The Bertz CT molecular complexity index is 828. The molecule has 0 bridgehead atoms. The van der Waals surface area contributed by atoms with Gasteiger partial charge in [-0.25, -0.2) is 18.7 Å². The van der Waals surface area contributed by atoms with Gasteiger partial charge in [0.05, 0.1) is 11.5 Å². The normalized spacial score (nSPS) is 14.0. The molecule has 3 N–H and O–H groups in total. The first-order chi connectivity index (χ1) is 13.0. The van der Waals surface area contributed by atoms with Crippen molar-refractivity contribution < 1.29 is 31.9 Å². The van der Waals surface area contributed by atoms with Crippen LogP contribution in [0.4, 0.5) is 27.8 Å². The van der Waals surface area contributed by atoms with Crippen LogP contribution < -0.4 is 10.6 Å². The first-order valence-corrected chi connectivity index (χ1v) is 8.83. The van der Waals surface area contributed by atoms with Crippen molar-refractivity contribution in [2.24, 2.45) is 0 Å². The molecule has 2 aromatic heterocycles. The topological polar surface area (TPSA) is 87.1 Å². The van der Waals surface area contributed by atoms with E-state index >= 15 is 0 Å². The molecule has 0 aliphatic heterocycles. The predicted molar refractivity (Wildman–Crippen MR) is 93.5 cm³/mol. The lowest BCUT2D eigenvalue weighted by atomic mass is 10.1. The van der Waals surface area contributed by atoms with Crippen molar-refractivity contribution in [3.8, 4) is 10.4 Å². The molecule has 2 rings (SSSR count). The van der Waals surface area contributed by atoms with Gasteiger partial charge in [-0.15, -0.1) is 11.3 Å². The summed E-state index contributed by atoms with van der Waals surface area (Å²) in [4.78, 5) is 19.8. The molecule has 0 saturated heterocycles. The molecule has 1 amide bonds. The van der Waals surface area contributed by atoms with E-state index in [2.05, 4.69) is 15.3 Å². The minimum Gasteiger partial charge on any atom is -0.394 e. The van der Waals surface area contributed by atoms with Gasteiger partial charge in [0, 0.05) is 29.6 Å². The molecule has 6 nitrogen and oxygen atoms in total. The lowest BCUT2D eigenvalue weighted by Gasteiger charge is -2.18. The average Bonchev–Trinajstić information content (AvgIpc) is 3.10. The van der Waals surface area contributed by atoms with Crippen molar-refractivity contribution >= 4 is 23.1 Å². The van der Waals surface area contributed by atoms with Crippen molar-refractivity contribution in [1.29, 1.82) is 0 Å². The number of pyridine rings is 1. The Labute approximate surface area is 160 Å². The highest BCUT2D eigenvalue weighted by Gasteiger charge is 2.36. The Morgan fingerprint density at radius 3 is 2.50 bits per heavy atom. The number of halogens is 5. The van der Waals surface area contributed by atoms with E-state index in [1.165, 1.54) is 6.20 Å². The van der Waals surface area contributed by atoms with Gasteiger partial charge in [0.1, 0.15) is 11.9 Å². The first-order valence-electron chi connectivity index (χ1n) is 8.02. The highest BCUT2D eigenvalue weighted by atomic mass is 32.1. The van der Waals surface area contributed by atoms with Crippen LogP contribution in [0, 0.1) is 0 Å². The van der Waals surface area contributed by atoms with Gasteiger partial charge in [-0.1, -0.05) is 0 Å². The molecular weight excluding hydrogens is 407 g/mol. The van der Waals surface area contributed by atoms with Gasteiger partial charge in [-0.05, 0) is 19.9 Å². The molecule has 0 saturated carbocycles. The van der Waals surface area contributed by atoms with Gasteiger partial charge >= 0.3 is 6.18 Å². The number of thiazole rings is 1. The molecule has 2 heterocycles. The largest absolute Gasteiger partial charge is 0.408 e. The van der Waals surface area contributed by atoms with Crippen molar-refractivity contribution in [2.45, 2.75) is 38.5 Å². The number of nitrogens with one attached hydrogen (secondary N) is 2. The summed E-state index contributed by atoms with van der Waals surface area (Å²) in [6, 6.07) is -1.64. The van der Waals surface area contributed by atoms with Crippen LogP contribution in [-0.2, 0) is 0 Å². The summed E-state index contributed by atoms with van der Waals surface area (Å²) in [6.45, 7) is 2.13. The lowest BCUT2D eigenvalue weighted by molar-refractivity contribution is -0.138. The van der Waals surface area contributed by atoms with E-state index in [1.54, 1.807) is 6.92 Å². The van der Waals surface area contributed by atoms with Gasteiger partial charge in [-0.2, -0.15) is 13.2 Å². The average molecular weight is 424 g/mol. The molecule has 0 fully saturated rings. The maximum absolute atomic E-state index is 13.4. The van der Waals surface area contributed by atoms with E-state index in [1.807, 2.05) is 5.32 Å². The van der Waals surface area contributed by atoms with Crippen LogP contribution in [0.3, 0.4) is 0 Å². The summed E-state index contributed by atoms with van der Waals surface area (Å²) in [6.07, 6.45) is -5.32. The number of aromatic nitrogens is 2. The van der Waals surface area contributed by atoms with Gasteiger partial charge in [0.25, 0.3) is 12.3 Å². The molecule has 0 unspecified atom stereocenters. The Morgan fingerprint density at radius 1 is 1.25 bits per heavy atom. The van der Waals surface area contributed by atoms with Crippen molar-refractivity contribution in [3.63, 3.8) is 0 Å². The quantitative estimate of drug-likeness (QED) is 0.591. The molecule has 0 aromatic carbocycles. The number of hydrogen-bond donors (Lipinski definition) is 3. The van der Waals surface area contributed by atoms with E-state index in [0.29, 0.717) is 0 Å². The summed E-state index contributed by atoms with van der Waals surface area (Å²) in [7, 11) is 0. The minimum atomic E-state index is -4.56. The highest BCUT2D eigenvalue weighted by Crippen LogP contribution is 2.35. The third kappa shape index (κ3) is 5.35. The number of hydrogen-bond acceptors (Lipinski definition) is 6. The zero-order valence-corrected chi connectivity index (χ0v) is 15.5. The lowest BCUT2D eigenvalue weighted by Crippen LogP contribution is -2.34. The number of alkyl halides is 5. The van der Waals surface area contributed by atoms with Gasteiger partial charge in [0.2, 0.25) is 0 Å². The number of amides is 1. The number of aliphatic hydroxyl groups excluding tert-OH is 1. The number of nitrogens with zero attached hydrogens (tertiary/aromatic N) is 2. The maximum Gasteiger partial charge on any atom is 0.408 e. The zero-order valence-electron chi connectivity index (χ0n) is 14.7. The monoisotopic (exact) mass is 424 g/mol. The second-order valence-electron chi connectivity index (χ2n) is 5.95. The summed E-state index contributed by atoms with van der Waals surface area (Å²) >= 11 is 0.824. The Kier molecular flexibility index (Phi) is 6.88. The molecular formula is C16H17F5N4O2S. The Morgan fingerprint density at radius 2 is 1.93 bits per heavy atom. The second-order valence-corrected chi connectivity index (χ2v) is 6.98. The van der Waals surface area contributed by atoms with E-state index in [-0.39, 0.29) is 27.9 Å².